The van der Waals surface area contributed by atoms with E-state index in [1.54, 1.807) is 11.8 Å². The van der Waals surface area contributed by atoms with E-state index in [0.717, 1.165) is 28.0 Å². The molecule has 1 heterocycles. The molecular weight excluding hydrogens is 220 g/mol. The second-order valence-electron chi connectivity index (χ2n) is 3.58. The molecule has 0 amide bonds. The SMILES string of the molecule is Cc1nnc(SCc2ccccc2N)n1C. The normalized spacial score (nSPS) is 10.6. The van der Waals surface area contributed by atoms with Crippen LogP contribution in [0.15, 0.2) is 29.4 Å². The van der Waals surface area contributed by atoms with Gasteiger partial charge in [0.25, 0.3) is 0 Å². The number of para-hydroxylation sites is 1. The summed E-state index contributed by atoms with van der Waals surface area (Å²) in [5, 5.41) is 9.02. The van der Waals surface area contributed by atoms with Crippen LogP contribution in [-0.2, 0) is 12.8 Å². The molecule has 2 rings (SSSR count). The Kier molecular flexibility index (Phi) is 3.14. The van der Waals surface area contributed by atoms with E-state index < -0.39 is 0 Å². The van der Waals surface area contributed by atoms with Crippen molar-refractivity contribution in [1.29, 1.82) is 0 Å². The zero-order valence-electron chi connectivity index (χ0n) is 9.34. The van der Waals surface area contributed by atoms with Crippen molar-refractivity contribution in [2.24, 2.45) is 7.05 Å². The lowest BCUT2D eigenvalue weighted by Crippen LogP contribution is -1.95. The van der Waals surface area contributed by atoms with E-state index >= 15 is 0 Å². The summed E-state index contributed by atoms with van der Waals surface area (Å²) in [6, 6.07) is 7.88. The average molecular weight is 234 g/mol. The van der Waals surface area contributed by atoms with Gasteiger partial charge in [-0.15, -0.1) is 10.2 Å². The fraction of sp³-hybridized carbons (Fsp3) is 0.273. The lowest BCUT2D eigenvalue weighted by Gasteiger charge is -2.04. The van der Waals surface area contributed by atoms with Crippen LogP contribution in [0.25, 0.3) is 0 Å². The summed E-state index contributed by atoms with van der Waals surface area (Å²) in [5.41, 5.74) is 7.83. The third kappa shape index (κ3) is 2.19. The molecular formula is C11H14N4S. The zero-order chi connectivity index (χ0) is 11.5. The highest BCUT2D eigenvalue weighted by Crippen LogP contribution is 2.23. The minimum absolute atomic E-state index is 0.818. The van der Waals surface area contributed by atoms with Gasteiger partial charge in [0.2, 0.25) is 0 Å². The van der Waals surface area contributed by atoms with Gasteiger partial charge in [0.05, 0.1) is 0 Å². The van der Waals surface area contributed by atoms with Gasteiger partial charge in [-0.1, -0.05) is 30.0 Å². The summed E-state index contributed by atoms with van der Waals surface area (Å²) in [7, 11) is 1.96. The van der Waals surface area contributed by atoms with Gasteiger partial charge in [0, 0.05) is 18.5 Å². The predicted molar refractivity (Wildman–Crippen MR) is 66.2 cm³/mol. The monoisotopic (exact) mass is 234 g/mol. The van der Waals surface area contributed by atoms with E-state index in [1.165, 1.54) is 0 Å². The Bertz CT molecular complexity index is 492. The van der Waals surface area contributed by atoms with Gasteiger partial charge in [0.1, 0.15) is 5.82 Å². The van der Waals surface area contributed by atoms with Crippen molar-refractivity contribution < 1.29 is 0 Å². The maximum absolute atomic E-state index is 5.87. The Morgan fingerprint density at radius 1 is 1.31 bits per heavy atom. The highest BCUT2D eigenvalue weighted by Gasteiger charge is 2.06. The van der Waals surface area contributed by atoms with Gasteiger partial charge >= 0.3 is 0 Å². The number of thioether (sulfide) groups is 1. The van der Waals surface area contributed by atoms with Crippen LogP contribution < -0.4 is 5.73 Å². The molecule has 0 bridgehead atoms. The summed E-state index contributed by atoms with van der Waals surface area (Å²) in [4.78, 5) is 0. The number of nitrogens with two attached hydrogens (primary N) is 1. The molecule has 0 saturated heterocycles. The first-order chi connectivity index (χ1) is 7.68. The molecule has 1 aromatic carbocycles. The number of aryl methyl sites for hydroxylation is 1. The summed E-state index contributed by atoms with van der Waals surface area (Å²) in [6.07, 6.45) is 0. The predicted octanol–water partition coefficient (Wildman–Crippen LogP) is 2.00. The number of benzene rings is 1. The van der Waals surface area contributed by atoms with Gasteiger partial charge in [-0.25, -0.2) is 0 Å². The van der Waals surface area contributed by atoms with Gasteiger partial charge in [-0.3, -0.25) is 0 Å². The molecule has 16 heavy (non-hydrogen) atoms. The number of rotatable bonds is 3. The largest absolute Gasteiger partial charge is 0.398 e. The summed E-state index contributed by atoms with van der Waals surface area (Å²) >= 11 is 1.64. The average Bonchev–Trinajstić information content (AvgIpc) is 2.59. The first-order valence-corrected chi connectivity index (χ1v) is 5.99. The van der Waals surface area contributed by atoms with Crippen LogP contribution in [0.5, 0.6) is 0 Å². The minimum atomic E-state index is 0.818. The van der Waals surface area contributed by atoms with Crippen LogP contribution in [0.3, 0.4) is 0 Å². The molecule has 0 aliphatic rings. The van der Waals surface area contributed by atoms with Crippen LogP contribution in [0.4, 0.5) is 5.69 Å². The number of nitrogens with zero attached hydrogens (tertiary/aromatic N) is 3. The van der Waals surface area contributed by atoms with Gasteiger partial charge < -0.3 is 10.3 Å². The molecule has 5 heteroatoms. The maximum atomic E-state index is 5.87. The van der Waals surface area contributed by atoms with Crippen molar-refractivity contribution >= 4 is 17.4 Å². The number of hydrogen-bond acceptors (Lipinski definition) is 4. The quantitative estimate of drug-likeness (QED) is 0.652. The molecule has 0 unspecified atom stereocenters. The van der Waals surface area contributed by atoms with Crippen LogP contribution in [0.2, 0.25) is 0 Å². The van der Waals surface area contributed by atoms with E-state index in [1.807, 2.05) is 42.8 Å². The smallest absolute Gasteiger partial charge is 0.191 e. The van der Waals surface area contributed by atoms with Crippen molar-refractivity contribution in [3.05, 3.63) is 35.7 Å². The minimum Gasteiger partial charge on any atom is -0.398 e. The Morgan fingerprint density at radius 2 is 2.06 bits per heavy atom. The van der Waals surface area contributed by atoms with Crippen molar-refractivity contribution in [3.63, 3.8) is 0 Å². The third-order valence-corrected chi connectivity index (χ3v) is 3.53. The topological polar surface area (TPSA) is 56.7 Å². The number of hydrogen-bond donors (Lipinski definition) is 1. The second kappa shape index (κ2) is 4.57. The molecule has 0 aliphatic carbocycles. The van der Waals surface area contributed by atoms with E-state index in [0.29, 0.717) is 0 Å². The van der Waals surface area contributed by atoms with E-state index in [9.17, 15) is 0 Å². The van der Waals surface area contributed by atoms with E-state index in [2.05, 4.69) is 10.2 Å². The highest BCUT2D eigenvalue weighted by molar-refractivity contribution is 7.98. The molecule has 0 fully saturated rings. The fourth-order valence-corrected chi connectivity index (χ4v) is 2.29. The van der Waals surface area contributed by atoms with Crippen molar-refractivity contribution in [2.75, 3.05) is 5.73 Å². The summed E-state index contributed by atoms with van der Waals surface area (Å²) in [6.45, 7) is 1.94. The van der Waals surface area contributed by atoms with E-state index in [-0.39, 0.29) is 0 Å². The molecule has 84 valence electrons. The molecule has 2 N–H and O–H groups in total. The number of anilines is 1. The molecule has 0 atom stereocenters. The molecule has 1 aromatic heterocycles. The van der Waals surface area contributed by atoms with Gasteiger partial charge in [-0.05, 0) is 18.6 Å². The standard InChI is InChI=1S/C11H14N4S/c1-8-13-14-11(15(8)2)16-7-9-5-3-4-6-10(9)12/h3-6H,7,12H2,1-2H3. The van der Waals surface area contributed by atoms with Crippen molar-refractivity contribution in [2.45, 2.75) is 17.8 Å². The molecule has 0 saturated carbocycles. The summed E-state index contributed by atoms with van der Waals surface area (Å²) < 4.78 is 1.98. The Hall–Kier alpha value is -1.49. The molecule has 0 spiro atoms. The van der Waals surface area contributed by atoms with Crippen molar-refractivity contribution in [3.8, 4) is 0 Å². The van der Waals surface area contributed by atoms with E-state index in [4.69, 9.17) is 5.73 Å². The molecule has 0 radical (unpaired) electrons. The van der Waals surface area contributed by atoms with Crippen LogP contribution in [0.1, 0.15) is 11.4 Å². The van der Waals surface area contributed by atoms with Gasteiger partial charge in [-0.2, -0.15) is 0 Å². The Morgan fingerprint density at radius 3 is 2.69 bits per heavy atom. The Labute approximate surface area is 98.9 Å². The van der Waals surface area contributed by atoms with Crippen LogP contribution >= 0.6 is 11.8 Å². The maximum Gasteiger partial charge on any atom is 0.191 e. The third-order valence-electron chi connectivity index (χ3n) is 2.46. The lowest BCUT2D eigenvalue weighted by atomic mass is 10.2. The Balaban J connectivity index is 2.08. The van der Waals surface area contributed by atoms with Crippen LogP contribution in [0, 0.1) is 6.92 Å². The second-order valence-corrected chi connectivity index (χ2v) is 4.52. The lowest BCUT2D eigenvalue weighted by molar-refractivity contribution is 0.765. The number of aromatic nitrogens is 3. The fourth-order valence-electron chi connectivity index (χ4n) is 1.32. The van der Waals surface area contributed by atoms with Crippen LogP contribution in [-0.4, -0.2) is 14.8 Å². The molecule has 4 nitrogen and oxygen atoms in total. The van der Waals surface area contributed by atoms with Crippen molar-refractivity contribution in [1.82, 2.24) is 14.8 Å². The highest BCUT2D eigenvalue weighted by atomic mass is 32.2. The van der Waals surface area contributed by atoms with Gasteiger partial charge in [0.15, 0.2) is 5.16 Å². The summed E-state index contributed by atoms with van der Waals surface area (Å²) in [5.74, 6) is 1.74. The first kappa shape index (κ1) is 11.0. The first-order valence-electron chi connectivity index (χ1n) is 5.00. The zero-order valence-corrected chi connectivity index (χ0v) is 10.2. The number of nitrogen functional groups attached to an aromatic ring is 1. The molecule has 2 aromatic rings. The molecule has 0 aliphatic heterocycles.